The lowest BCUT2D eigenvalue weighted by atomic mass is 9.93. The first-order valence-corrected chi connectivity index (χ1v) is 5.92. The van der Waals surface area contributed by atoms with Gasteiger partial charge in [-0.25, -0.2) is 0 Å². The van der Waals surface area contributed by atoms with Gasteiger partial charge in [0.1, 0.15) is 5.69 Å². The number of pyridine rings is 1. The molecule has 0 saturated carbocycles. The van der Waals surface area contributed by atoms with Gasteiger partial charge in [0.05, 0.1) is 5.69 Å². The number of rotatable bonds is 1. The van der Waals surface area contributed by atoms with E-state index in [1.807, 2.05) is 24.3 Å². The van der Waals surface area contributed by atoms with Crippen molar-refractivity contribution >= 4 is 5.65 Å². The summed E-state index contributed by atoms with van der Waals surface area (Å²) in [6.07, 6.45) is 1.75. The summed E-state index contributed by atoms with van der Waals surface area (Å²) >= 11 is 0. The van der Waals surface area contributed by atoms with E-state index in [0.717, 1.165) is 22.9 Å². The normalized spacial score (nSPS) is 12.2. The lowest BCUT2D eigenvalue weighted by Crippen LogP contribution is -2.12. The lowest BCUT2D eigenvalue weighted by molar-refractivity contribution is 0.557. The Morgan fingerprint density at radius 3 is 2.61 bits per heavy atom. The summed E-state index contributed by atoms with van der Waals surface area (Å²) in [5, 5.41) is 8.88. The number of aromatic amines is 1. The van der Waals surface area contributed by atoms with Gasteiger partial charge in [0, 0.05) is 17.7 Å². The summed E-state index contributed by atoms with van der Waals surface area (Å²) < 4.78 is 1.63. The minimum atomic E-state index is 0.0275. The van der Waals surface area contributed by atoms with Crippen LogP contribution in [0, 0.1) is 0 Å². The maximum atomic E-state index is 4.48. The van der Waals surface area contributed by atoms with Crippen LogP contribution < -0.4 is 0 Å². The molecule has 0 aliphatic heterocycles. The topological polar surface area (TPSA) is 58.9 Å². The molecule has 0 unspecified atom stereocenters. The van der Waals surface area contributed by atoms with Crippen molar-refractivity contribution in [2.24, 2.45) is 0 Å². The molecule has 1 N–H and O–H groups in total. The van der Waals surface area contributed by atoms with E-state index < -0.39 is 0 Å². The highest BCUT2D eigenvalue weighted by Crippen LogP contribution is 2.22. The zero-order valence-corrected chi connectivity index (χ0v) is 10.7. The molecule has 0 aromatic carbocycles. The van der Waals surface area contributed by atoms with Gasteiger partial charge in [-0.3, -0.25) is 4.98 Å². The first-order valence-electron chi connectivity index (χ1n) is 5.92. The summed E-state index contributed by atoms with van der Waals surface area (Å²) in [4.78, 5) is 7.49. The molecule has 0 radical (unpaired) electrons. The molecule has 5 nitrogen and oxygen atoms in total. The highest BCUT2D eigenvalue weighted by atomic mass is 15.5. The third-order valence-corrected chi connectivity index (χ3v) is 2.81. The van der Waals surface area contributed by atoms with Crippen LogP contribution in [0.3, 0.4) is 0 Å². The van der Waals surface area contributed by atoms with Gasteiger partial charge in [0.25, 0.3) is 0 Å². The van der Waals surface area contributed by atoms with Crippen molar-refractivity contribution in [3.8, 4) is 11.5 Å². The van der Waals surface area contributed by atoms with Crippen LogP contribution in [-0.4, -0.2) is 24.8 Å². The largest absolute Gasteiger partial charge is 0.320 e. The van der Waals surface area contributed by atoms with Gasteiger partial charge >= 0.3 is 0 Å². The van der Waals surface area contributed by atoms with Gasteiger partial charge < -0.3 is 4.98 Å². The molecule has 3 rings (SSSR count). The second-order valence-electron chi connectivity index (χ2n) is 5.34. The second-order valence-corrected chi connectivity index (χ2v) is 5.34. The molecule has 0 aliphatic carbocycles. The number of nitrogens with one attached hydrogen (secondary N) is 1. The predicted molar refractivity (Wildman–Crippen MR) is 69.3 cm³/mol. The number of aromatic nitrogens is 5. The van der Waals surface area contributed by atoms with Crippen molar-refractivity contribution < 1.29 is 0 Å². The first-order chi connectivity index (χ1) is 8.54. The van der Waals surface area contributed by atoms with Crippen molar-refractivity contribution in [1.82, 2.24) is 24.8 Å². The molecule has 3 aromatic rings. The smallest absolute Gasteiger partial charge is 0.180 e. The van der Waals surface area contributed by atoms with Gasteiger partial charge in [0.15, 0.2) is 11.5 Å². The highest BCUT2D eigenvalue weighted by molar-refractivity contribution is 5.53. The fraction of sp³-hybridized carbons (Fsp3) is 0.308. The maximum Gasteiger partial charge on any atom is 0.180 e. The first kappa shape index (κ1) is 11.0. The average Bonchev–Trinajstić information content (AvgIpc) is 2.86. The van der Waals surface area contributed by atoms with Crippen LogP contribution in [0.4, 0.5) is 0 Å². The second kappa shape index (κ2) is 3.66. The lowest BCUT2D eigenvalue weighted by Gasteiger charge is -2.13. The average molecular weight is 241 g/mol. The van der Waals surface area contributed by atoms with E-state index in [4.69, 9.17) is 0 Å². The van der Waals surface area contributed by atoms with E-state index in [1.165, 1.54) is 0 Å². The molecule has 0 saturated heterocycles. The third kappa shape index (κ3) is 1.77. The van der Waals surface area contributed by atoms with Crippen LogP contribution in [0.2, 0.25) is 0 Å². The van der Waals surface area contributed by atoms with E-state index in [-0.39, 0.29) is 5.41 Å². The van der Waals surface area contributed by atoms with Gasteiger partial charge in [-0.2, -0.15) is 5.10 Å². The number of H-pyrrole nitrogens is 1. The van der Waals surface area contributed by atoms with Gasteiger partial charge in [0.2, 0.25) is 0 Å². The Hall–Kier alpha value is -2.17. The quantitative estimate of drug-likeness (QED) is 0.711. The molecular formula is C13H15N5. The van der Waals surface area contributed by atoms with Crippen LogP contribution in [0.25, 0.3) is 17.2 Å². The van der Waals surface area contributed by atoms with Crippen LogP contribution in [-0.2, 0) is 5.41 Å². The van der Waals surface area contributed by atoms with Gasteiger partial charge in [-0.05, 0) is 12.1 Å². The highest BCUT2D eigenvalue weighted by Gasteiger charge is 2.19. The Bertz CT molecular complexity index is 641. The van der Waals surface area contributed by atoms with Crippen molar-refractivity contribution in [1.29, 1.82) is 0 Å². The molecule has 5 heteroatoms. The van der Waals surface area contributed by atoms with E-state index in [2.05, 4.69) is 40.9 Å². The molecule has 0 atom stereocenters. The zero-order valence-electron chi connectivity index (χ0n) is 10.7. The third-order valence-electron chi connectivity index (χ3n) is 2.81. The van der Waals surface area contributed by atoms with Crippen molar-refractivity contribution in [2.75, 3.05) is 0 Å². The minimum Gasteiger partial charge on any atom is -0.320 e. The summed E-state index contributed by atoms with van der Waals surface area (Å²) in [5.74, 6) is 0.735. The summed E-state index contributed by atoms with van der Waals surface area (Å²) in [6, 6.07) is 7.77. The summed E-state index contributed by atoms with van der Waals surface area (Å²) in [7, 11) is 0. The molecular weight excluding hydrogens is 226 g/mol. The molecule has 0 amide bonds. The number of fused-ring (bicyclic) bond motifs is 1. The van der Waals surface area contributed by atoms with Crippen molar-refractivity contribution in [3.05, 3.63) is 36.2 Å². The molecule has 92 valence electrons. The number of nitrogens with zero attached hydrogens (tertiary/aromatic N) is 4. The standard InChI is InChI=1S/C13H15N5/c1-13(2,3)10-8-11-15-12(17-18(11)16-10)9-6-4-5-7-14-9/h4-8H,1-3H3,(H,15,17). The van der Waals surface area contributed by atoms with Gasteiger partial charge in [-0.1, -0.05) is 26.8 Å². The van der Waals surface area contributed by atoms with E-state index in [9.17, 15) is 0 Å². The van der Waals surface area contributed by atoms with E-state index >= 15 is 0 Å². The maximum absolute atomic E-state index is 4.48. The molecule has 3 aromatic heterocycles. The Morgan fingerprint density at radius 2 is 2.00 bits per heavy atom. The van der Waals surface area contributed by atoms with Crippen molar-refractivity contribution in [3.63, 3.8) is 0 Å². The predicted octanol–water partition coefficient (Wildman–Crippen LogP) is 2.42. The number of hydrogen-bond acceptors (Lipinski definition) is 3. The Balaban J connectivity index is 2.07. The Morgan fingerprint density at radius 1 is 1.17 bits per heavy atom. The summed E-state index contributed by atoms with van der Waals surface area (Å²) in [5.41, 5.74) is 2.76. The molecule has 0 bridgehead atoms. The fourth-order valence-corrected chi connectivity index (χ4v) is 1.76. The van der Waals surface area contributed by atoms with Crippen LogP contribution in [0.15, 0.2) is 30.5 Å². The Kier molecular flexibility index (Phi) is 2.23. The van der Waals surface area contributed by atoms with Crippen LogP contribution in [0.1, 0.15) is 26.5 Å². The number of hydrogen-bond donors (Lipinski definition) is 1. The van der Waals surface area contributed by atoms with Gasteiger partial charge in [-0.15, -0.1) is 9.73 Å². The molecule has 3 heterocycles. The SMILES string of the molecule is CC(C)(C)c1cc2[nH]c(-c3ccccn3)nn2n1. The van der Waals surface area contributed by atoms with Crippen molar-refractivity contribution in [2.45, 2.75) is 26.2 Å². The molecule has 18 heavy (non-hydrogen) atoms. The van der Waals surface area contributed by atoms with Crippen LogP contribution >= 0.6 is 0 Å². The fourth-order valence-electron chi connectivity index (χ4n) is 1.76. The minimum absolute atomic E-state index is 0.0275. The monoisotopic (exact) mass is 241 g/mol. The van der Waals surface area contributed by atoms with E-state index in [1.54, 1.807) is 10.8 Å². The Labute approximate surface area is 105 Å². The zero-order chi connectivity index (χ0) is 12.8. The summed E-state index contributed by atoms with van der Waals surface area (Å²) in [6.45, 7) is 6.40. The van der Waals surface area contributed by atoms with Crippen LogP contribution in [0.5, 0.6) is 0 Å². The molecule has 0 fully saturated rings. The molecule has 0 spiro atoms. The molecule has 0 aliphatic rings. The van der Waals surface area contributed by atoms with E-state index in [0.29, 0.717) is 0 Å².